The number of benzene rings is 1. The summed E-state index contributed by atoms with van der Waals surface area (Å²) in [7, 11) is 1.47. The summed E-state index contributed by atoms with van der Waals surface area (Å²) in [5.74, 6) is -1.48. The number of aldehydes is 1. The lowest BCUT2D eigenvalue weighted by Gasteiger charge is -2.30. The van der Waals surface area contributed by atoms with Crippen molar-refractivity contribution in [2.75, 3.05) is 7.11 Å². The molecule has 0 fully saturated rings. The van der Waals surface area contributed by atoms with Gasteiger partial charge < -0.3 is 14.4 Å². The second kappa shape index (κ2) is 7.99. The minimum Gasteiger partial charge on any atom is -0.497 e. The maximum atomic E-state index is 12.8. The zero-order valence-electron chi connectivity index (χ0n) is 13.3. The Bertz CT molecular complexity index is 526. The standard InChI is InChI=1S/C16H20F3NO3/c1-11(2)8-13(10-21)20(15(22)16(17,18)19)9-12-4-6-14(23-3)7-5-12/h4-7,10-11,13H,8-9H2,1-3H3. The van der Waals surface area contributed by atoms with Crippen LogP contribution in [0.15, 0.2) is 24.3 Å². The van der Waals surface area contributed by atoms with Gasteiger partial charge in [-0.25, -0.2) is 0 Å². The van der Waals surface area contributed by atoms with Gasteiger partial charge in [-0.15, -0.1) is 0 Å². The van der Waals surface area contributed by atoms with Crippen molar-refractivity contribution in [2.45, 2.75) is 39.0 Å². The molecule has 0 aliphatic heterocycles. The number of nitrogens with zero attached hydrogens (tertiary/aromatic N) is 1. The summed E-state index contributed by atoms with van der Waals surface area (Å²) >= 11 is 0. The van der Waals surface area contributed by atoms with Gasteiger partial charge in [0.15, 0.2) is 0 Å². The van der Waals surface area contributed by atoms with Gasteiger partial charge in [0.1, 0.15) is 12.0 Å². The molecule has 0 saturated heterocycles. The van der Waals surface area contributed by atoms with Gasteiger partial charge in [-0.2, -0.15) is 13.2 Å². The van der Waals surface area contributed by atoms with E-state index < -0.39 is 18.1 Å². The minimum absolute atomic E-state index is 0.0235. The van der Waals surface area contributed by atoms with Gasteiger partial charge in [0.25, 0.3) is 0 Å². The first-order valence-corrected chi connectivity index (χ1v) is 7.15. The summed E-state index contributed by atoms with van der Waals surface area (Å²) in [6, 6.07) is 5.18. The molecule has 0 bridgehead atoms. The molecule has 1 atom stereocenters. The number of rotatable bonds is 7. The Labute approximate surface area is 133 Å². The molecule has 1 aromatic rings. The molecule has 4 nitrogen and oxygen atoms in total. The Hall–Kier alpha value is -2.05. The van der Waals surface area contributed by atoms with Gasteiger partial charge in [0.2, 0.25) is 0 Å². The molecule has 0 radical (unpaired) electrons. The maximum Gasteiger partial charge on any atom is 0.471 e. The largest absolute Gasteiger partial charge is 0.497 e. The molecular weight excluding hydrogens is 311 g/mol. The van der Waals surface area contributed by atoms with Crippen LogP contribution in [0.4, 0.5) is 13.2 Å². The van der Waals surface area contributed by atoms with Crippen LogP contribution < -0.4 is 4.74 Å². The maximum absolute atomic E-state index is 12.8. The summed E-state index contributed by atoms with van der Waals surface area (Å²) in [4.78, 5) is 23.5. The molecule has 0 aliphatic rings. The number of hydrogen-bond acceptors (Lipinski definition) is 3. The molecule has 7 heteroatoms. The van der Waals surface area contributed by atoms with Crippen molar-refractivity contribution in [3.63, 3.8) is 0 Å². The number of carbonyl (C=O) groups excluding carboxylic acids is 2. The van der Waals surface area contributed by atoms with Gasteiger partial charge in [-0.3, -0.25) is 4.79 Å². The lowest BCUT2D eigenvalue weighted by atomic mass is 10.0. The van der Waals surface area contributed by atoms with E-state index in [1.807, 2.05) is 0 Å². The fourth-order valence-electron chi connectivity index (χ4n) is 2.17. The molecule has 1 rings (SSSR count). The van der Waals surface area contributed by atoms with Gasteiger partial charge in [0.05, 0.1) is 13.2 Å². The zero-order chi connectivity index (χ0) is 17.6. The Morgan fingerprint density at radius 3 is 2.22 bits per heavy atom. The SMILES string of the molecule is COc1ccc(CN(C(=O)C(F)(F)F)C(C=O)CC(C)C)cc1. The average Bonchev–Trinajstić information content (AvgIpc) is 2.49. The van der Waals surface area contributed by atoms with Crippen LogP contribution in [0.25, 0.3) is 0 Å². The van der Waals surface area contributed by atoms with Crippen LogP contribution >= 0.6 is 0 Å². The third-order valence-electron chi connectivity index (χ3n) is 3.29. The molecule has 0 heterocycles. The van der Waals surface area contributed by atoms with Crippen LogP contribution in [-0.4, -0.2) is 36.4 Å². The molecular formula is C16H20F3NO3. The molecule has 0 spiro atoms. The van der Waals surface area contributed by atoms with E-state index in [1.54, 1.807) is 38.1 Å². The van der Waals surface area contributed by atoms with Crippen LogP contribution in [0.2, 0.25) is 0 Å². The summed E-state index contributed by atoms with van der Waals surface area (Å²) in [6.07, 6.45) is -4.46. The first-order valence-electron chi connectivity index (χ1n) is 7.15. The Morgan fingerprint density at radius 2 is 1.83 bits per heavy atom. The number of ether oxygens (including phenoxy) is 1. The van der Waals surface area contributed by atoms with Crippen molar-refractivity contribution in [1.82, 2.24) is 4.90 Å². The molecule has 1 aromatic carbocycles. The molecule has 128 valence electrons. The van der Waals surface area contributed by atoms with Crippen molar-refractivity contribution in [1.29, 1.82) is 0 Å². The van der Waals surface area contributed by atoms with Crippen LogP contribution in [0.1, 0.15) is 25.8 Å². The molecule has 1 unspecified atom stereocenters. The van der Waals surface area contributed by atoms with Crippen LogP contribution in [-0.2, 0) is 16.1 Å². The van der Waals surface area contributed by atoms with E-state index in [1.165, 1.54) is 7.11 Å². The van der Waals surface area contributed by atoms with Crippen molar-refractivity contribution in [2.24, 2.45) is 5.92 Å². The van der Waals surface area contributed by atoms with Crippen molar-refractivity contribution in [3.05, 3.63) is 29.8 Å². The highest BCUT2D eigenvalue weighted by molar-refractivity contribution is 5.84. The number of carbonyl (C=O) groups is 2. The first kappa shape index (κ1) is 19.0. The van der Waals surface area contributed by atoms with Gasteiger partial charge in [-0.05, 0) is 30.0 Å². The predicted octanol–water partition coefficient (Wildman–Crippen LogP) is 3.20. The van der Waals surface area contributed by atoms with E-state index in [4.69, 9.17) is 4.74 Å². The second-order valence-electron chi connectivity index (χ2n) is 5.61. The lowest BCUT2D eigenvalue weighted by Crippen LogP contribution is -2.47. The molecule has 0 aliphatic carbocycles. The van der Waals surface area contributed by atoms with Gasteiger partial charge in [-0.1, -0.05) is 26.0 Å². The monoisotopic (exact) mass is 331 g/mol. The molecule has 0 aromatic heterocycles. The molecule has 0 saturated carbocycles. The summed E-state index contributed by atoms with van der Waals surface area (Å²) in [6.45, 7) is 3.26. The molecule has 1 amide bonds. The van der Waals surface area contributed by atoms with E-state index in [9.17, 15) is 22.8 Å². The van der Waals surface area contributed by atoms with E-state index >= 15 is 0 Å². The highest BCUT2D eigenvalue weighted by atomic mass is 19.4. The van der Waals surface area contributed by atoms with E-state index in [0.717, 1.165) is 0 Å². The summed E-state index contributed by atoms with van der Waals surface area (Å²) in [5.41, 5.74) is 0.485. The predicted molar refractivity (Wildman–Crippen MR) is 78.9 cm³/mol. The third kappa shape index (κ3) is 5.58. The third-order valence-corrected chi connectivity index (χ3v) is 3.29. The van der Waals surface area contributed by atoms with Crippen LogP contribution in [0.5, 0.6) is 5.75 Å². The highest BCUT2D eigenvalue weighted by Crippen LogP contribution is 2.24. The molecule has 23 heavy (non-hydrogen) atoms. The van der Waals surface area contributed by atoms with Crippen molar-refractivity contribution in [3.8, 4) is 5.75 Å². The Balaban J connectivity index is 3.06. The number of alkyl halides is 3. The van der Waals surface area contributed by atoms with Crippen molar-refractivity contribution < 1.29 is 27.5 Å². The van der Waals surface area contributed by atoms with E-state index in [0.29, 0.717) is 22.5 Å². The minimum atomic E-state index is -5.02. The quantitative estimate of drug-likeness (QED) is 0.721. The summed E-state index contributed by atoms with van der Waals surface area (Å²) in [5, 5.41) is 0. The van der Waals surface area contributed by atoms with Crippen molar-refractivity contribution >= 4 is 12.2 Å². The summed E-state index contributed by atoms with van der Waals surface area (Å²) < 4.78 is 43.5. The Kier molecular flexibility index (Phi) is 6.60. The Morgan fingerprint density at radius 1 is 1.26 bits per heavy atom. The second-order valence-corrected chi connectivity index (χ2v) is 5.61. The topological polar surface area (TPSA) is 46.6 Å². The zero-order valence-corrected chi connectivity index (χ0v) is 13.3. The fraction of sp³-hybridized carbons (Fsp3) is 0.500. The number of hydrogen-bond donors (Lipinski definition) is 0. The first-order chi connectivity index (χ1) is 10.7. The number of methoxy groups -OCH3 is 1. The van der Waals surface area contributed by atoms with E-state index in [2.05, 4.69) is 0 Å². The average molecular weight is 331 g/mol. The smallest absolute Gasteiger partial charge is 0.471 e. The fourth-order valence-corrected chi connectivity index (χ4v) is 2.17. The van der Waals surface area contributed by atoms with Crippen LogP contribution in [0, 0.1) is 5.92 Å². The number of amides is 1. The highest BCUT2D eigenvalue weighted by Gasteiger charge is 2.44. The van der Waals surface area contributed by atoms with E-state index in [-0.39, 0.29) is 18.9 Å². The normalized spacial score (nSPS) is 12.8. The van der Waals surface area contributed by atoms with Gasteiger partial charge >= 0.3 is 12.1 Å². The molecule has 0 N–H and O–H groups in total. The van der Waals surface area contributed by atoms with Crippen LogP contribution in [0.3, 0.4) is 0 Å². The van der Waals surface area contributed by atoms with Gasteiger partial charge in [0, 0.05) is 6.54 Å². The lowest BCUT2D eigenvalue weighted by molar-refractivity contribution is -0.188. The number of halogens is 3.